The highest BCUT2D eigenvalue weighted by Crippen LogP contribution is 2.17. The molecule has 0 unspecified atom stereocenters. The van der Waals surface area contributed by atoms with Crippen molar-refractivity contribution >= 4 is 5.69 Å². The van der Waals surface area contributed by atoms with Crippen LogP contribution in [0.1, 0.15) is 36.6 Å². The van der Waals surface area contributed by atoms with Gasteiger partial charge in [0.25, 0.3) is 0 Å². The van der Waals surface area contributed by atoms with Crippen LogP contribution in [0.25, 0.3) is 0 Å². The van der Waals surface area contributed by atoms with Gasteiger partial charge in [-0.15, -0.1) is 0 Å². The highest BCUT2D eigenvalue weighted by Gasteiger charge is 2.01. The molecule has 0 saturated carbocycles. The molecule has 0 radical (unpaired) electrons. The van der Waals surface area contributed by atoms with Crippen LogP contribution < -0.4 is 5.32 Å². The van der Waals surface area contributed by atoms with Gasteiger partial charge < -0.3 is 5.32 Å². The Labute approximate surface area is 102 Å². The van der Waals surface area contributed by atoms with Gasteiger partial charge in [-0.3, -0.25) is 5.10 Å². The van der Waals surface area contributed by atoms with Crippen LogP contribution in [0.5, 0.6) is 0 Å². The number of aromatic amines is 1. The fourth-order valence-corrected chi connectivity index (χ4v) is 1.74. The number of anilines is 1. The van der Waals surface area contributed by atoms with Crippen LogP contribution in [0.4, 0.5) is 5.69 Å². The molecule has 0 aliphatic rings. The summed E-state index contributed by atoms with van der Waals surface area (Å²) in [4.78, 5) is 0. The van der Waals surface area contributed by atoms with Gasteiger partial charge in [0.1, 0.15) is 0 Å². The minimum Gasteiger partial charge on any atom is -0.381 e. The van der Waals surface area contributed by atoms with E-state index in [2.05, 4.69) is 53.6 Å². The molecular formula is C14H19N3. The smallest absolute Gasteiger partial charge is 0.0539 e. The van der Waals surface area contributed by atoms with E-state index in [4.69, 9.17) is 0 Å². The van der Waals surface area contributed by atoms with Crippen molar-refractivity contribution in [2.24, 2.45) is 0 Å². The van der Waals surface area contributed by atoms with Crippen LogP contribution in [-0.4, -0.2) is 10.2 Å². The monoisotopic (exact) mass is 229 g/mol. The summed E-state index contributed by atoms with van der Waals surface area (Å²) in [6.07, 6.45) is 1.87. The summed E-state index contributed by atoms with van der Waals surface area (Å²) in [7, 11) is 0. The molecule has 0 aliphatic carbocycles. The molecule has 2 N–H and O–H groups in total. The van der Waals surface area contributed by atoms with E-state index in [1.807, 2.05) is 13.1 Å². The Morgan fingerprint density at radius 3 is 2.47 bits per heavy atom. The highest BCUT2D eigenvalue weighted by molar-refractivity contribution is 5.45. The van der Waals surface area contributed by atoms with Crippen LogP contribution >= 0.6 is 0 Å². The number of hydrogen-bond donors (Lipinski definition) is 2. The van der Waals surface area contributed by atoms with Gasteiger partial charge in [-0.25, -0.2) is 0 Å². The molecule has 0 aliphatic heterocycles. The lowest BCUT2D eigenvalue weighted by Crippen LogP contribution is -2.00. The van der Waals surface area contributed by atoms with Crippen LogP contribution in [0.2, 0.25) is 0 Å². The molecule has 3 nitrogen and oxygen atoms in total. The molecule has 0 amide bonds. The van der Waals surface area contributed by atoms with Gasteiger partial charge >= 0.3 is 0 Å². The van der Waals surface area contributed by atoms with E-state index < -0.39 is 0 Å². The molecule has 90 valence electrons. The summed E-state index contributed by atoms with van der Waals surface area (Å²) < 4.78 is 0. The zero-order valence-electron chi connectivity index (χ0n) is 10.6. The predicted octanol–water partition coefficient (Wildman–Crippen LogP) is 3.45. The van der Waals surface area contributed by atoms with Gasteiger partial charge in [0, 0.05) is 23.5 Å². The molecule has 0 saturated heterocycles. The Morgan fingerprint density at radius 1 is 1.24 bits per heavy atom. The van der Waals surface area contributed by atoms with Crippen molar-refractivity contribution < 1.29 is 0 Å². The molecule has 1 aromatic carbocycles. The minimum atomic E-state index is 0.583. The number of aromatic nitrogens is 2. The number of H-pyrrole nitrogens is 1. The average molecular weight is 229 g/mol. The van der Waals surface area contributed by atoms with Crippen molar-refractivity contribution in [2.75, 3.05) is 5.32 Å². The first-order chi connectivity index (χ1) is 8.16. The van der Waals surface area contributed by atoms with E-state index in [0.717, 1.165) is 17.9 Å². The van der Waals surface area contributed by atoms with E-state index in [-0.39, 0.29) is 0 Å². The molecular weight excluding hydrogens is 210 g/mol. The summed E-state index contributed by atoms with van der Waals surface area (Å²) >= 11 is 0. The lowest BCUT2D eigenvalue weighted by molar-refractivity contribution is 0.867. The lowest BCUT2D eigenvalue weighted by atomic mass is 10.0. The fourth-order valence-electron chi connectivity index (χ4n) is 1.74. The Kier molecular flexibility index (Phi) is 3.47. The molecule has 2 rings (SSSR count). The van der Waals surface area contributed by atoms with E-state index >= 15 is 0 Å². The maximum Gasteiger partial charge on any atom is 0.0539 e. The van der Waals surface area contributed by atoms with Gasteiger partial charge in [0.05, 0.1) is 6.20 Å². The van der Waals surface area contributed by atoms with Gasteiger partial charge in [-0.1, -0.05) is 26.0 Å². The second-order valence-corrected chi connectivity index (χ2v) is 4.65. The lowest BCUT2D eigenvalue weighted by Gasteiger charge is -2.08. The van der Waals surface area contributed by atoms with E-state index in [1.165, 1.54) is 11.1 Å². The zero-order chi connectivity index (χ0) is 12.3. The molecule has 1 aromatic heterocycles. The third-order valence-electron chi connectivity index (χ3n) is 2.99. The van der Waals surface area contributed by atoms with Crippen molar-refractivity contribution in [3.05, 3.63) is 47.3 Å². The van der Waals surface area contributed by atoms with E-state index in [9.17, 15) is 0 Å². The van der Waals surface area contributed by atoms with Crippen molar-refractivity contribution in [1.29, 1.82) is 0 Å². The molecule has 3 heteroatoms. The highest BCUT2D eigenvalue weighted by atomic mass is 15.1. The normalized spacial score (nSPS) is 10.8. The topological polar surface area (TPSA) is 40.7 Å². The van der Waals surface area contributed by atoms with Gasteiger partial charge in [0.2, 0.25) is 0 Å². The van der Waals surface area contributed by atoms with E-state index in [1.54, 1.807) is 0 Å². The number of rotatable bonds is 4. The summed E-state index contributed by atoms with van der Waals surface area (Å²) in [6.45, 7) is 7.25. The minimum absolute atomic E-state index is 0.583. The van der Waals surface area contributed by atoms with Crippen molar-refractivity contribution in [1.82, 2.24) is 10.2 Å². The number of nitrogens with zero attached hydrogens (tertiary/aromatic N) is 1. The quantitative estimate of drug-likeness (QED) is 0.843. The van der Waals surface area contributed by atoms with Crippen LogP contribution in [0.15, 0.2) is 30.5 Å². The van der Waals surface area contributed by atoms with Crippen LogP contribution in [0.3, 0.4) is 0 Å². The van der Waals surface area contributed by atoms with Gasteiger partial charge in [-0.2, -0.15) is 5.10 Å². The second-order valence-electron chi connectivity index (χ2n) is 4.65. The summed E-state index contributed by atoms with van der Waals surface area (Å²) in [5, 5.41) is 10.3. The molecule has 0 spiro atoms. The van der Waals surface area contributed by atoms with Crippen LogP contribution in [0, 0.1) is 6.92 Å². The number of aryl methyl sites for hydroxylation is 1. The Bertz CT molecular complexity index is 468. The molecule has 0 atom stereocenters. The summed E-state index contributed by atoms with van der Waals surface area (Å²) in [6, 6.07) is 8.61. The predicted molar refractivity (Wildman–Crippen MR) is 71.2 cm³/mol. The van der Waals surface area contributed by atoms with Crippen LogP contribution in [-0.2, 0) is 6.54 Å². The van der Waals surface area contributed by atoms with E-state index in [0.29, 0.717) is 5.92 Å². The molecule has 0 bridgehead atoms. The average Bonchev–Trinajstić information content (AvgIpc) is 2.73. The van der Waals surface area contributed by atoms with Crippen molar-refractivity contribution in [3.8, 4) is 0 Å². The van der Waals surface area contributed by atoms with Crippen molar-refractivity contribution in [3.63, 3.8) is 0 Å². The Hall–Kier alpha value is -1.77. The largest absolute Gasteiger partial charge is 0.381 e. The van der Waals surface area contributed by atoms with Gasteiger partial charge in [0.15, 0.2) is 0 Å². The molecule has 0 fully saturated rings. The summed E-state index contributed by atoms with van der Waals surface area (Å²) in [5.74, 6) is 0.583. The van der Waals surface area contributed by atoms with Gasteiger partial charge in [-0.05, 0) is 30.5 Å². The third-order valence-corrected chi connectivity index (χ3v) is 2.99. The standard InChI is InChI=1S/C14H19N3/c1-10(2)12-4-6-14(7-5-12)15-8-13-9-16-17-11(13)3/h4-7,9-10,15H,8H2,1-3H3,(H,16,17). The maximum atomic E-state index is 4.01. The number of hydrogen-bond acceptors (Lipinski definition) is 2. The Balaban J connectivity index is 1.98. The SMILES string of the molecule is Cc1[nH]ncc1CNc1ccc(C(C)C)cc1. The second kappa shape index (κ2) is 5.04. The summed E-state index contributed by atoms with van der Waals surface area (Å²) in [5.41, 5.74) is 4.85. The first-order valence-electron chi connectivity index (χ1n) is 5.99. The number of nitrogens with one attached hydrogen (secondary N) is 2. The molecule has 1 heterocycles. The molecule has 2 aromatic rings. The van der Waals surface area contributed by atoms with Crippen molar-refractivity contribution in [2.45, 2.75) is 33.2 Å². The zero-order valence-corrected chi connectivity index (χ0v) is 10.6. The Morgan fingerprint density at radius 2 is 1.94 bits per heavy atom. The first-order valence-corrected chi connectivity index (χ1v) is 5.99. The fraction of sp³-hybridized carbons (Fsp3) is 0.357. The third kappa shape index (κ3) is 2.87. The first kappa shape index (κ1) is 11.7. The molecule has 17 heavy (non-hydrogen) atoms. The maximum absolute atomic E-state index is 4.01. The number of benzene rings is 1.